The van der Waals surface area contributed by atoms with Gasteiger partial charge in [-0.05, 0) is 51.0 Å². The number of hydrogen-bond donors (Lipinski definition) is 0. The van der Waals surface area contributed by atoms with E-state index in [0.29, 0.717) is 24.9 Å². The van der Waals surface area contributed by atoms with Gasteiger partial charge >= 0.3 is 0 Å². The SMILES string of the molecule is Cc1ccn(CC(=O)N2CCC3(CCCN(CC4CCCCC4)C3=O)C2)n1. The summed E-state index contributed by atoms with van der Waals surface area (Å²) in [5.74, 6) is 1.07. The van der Waals surface area contributed by atoms with Gasteiger partial charge in [-0.1, -0.05) is 19.3 Å². The molecule has 0 aromatic carbocycles. The van der Waals surface area contributed by atoms with Crippen LogP contribution in [-0.2, 0) is 16.1 Å². The van der Waals surface area contributed by atoms with Gasteiger partial charge in [-0.15, -0.1) is 0 Å². The quantitative estimate of drug-likeness (QED) is 0.816. The standard InChI is InChI=1S/C21H32N4O2/c1-17-8-12-25(22-17)15-19(26)24-13-10-21(16-24)9-5-11-23(20(21)27)14-18-6-3-2-4-7-18/h8,12,18H,2-7,9-11,13-16H2,1H3. The van der Waals surface area contributed by atoms with Crippen LogP contribution >= 0.6 is 0 Å². The van der Waals surface area contributed by atoms with Gasteiger partial charge in [0.1, 0.15) is 6.54 Å². The third-order valence-corrected chi connectivity index (χ3v) is 6.81. The first-order valence-corrected chi connectivity index (χ1v) is 10.6. The van der Waals surface area contributed by atoms with Gasteiger partial charge in [0.15, 0.2) is 0 Å². The minimum atomic E-state index is -0.331. The summed E-state index contributed by atoms with van der Waals surface area (Å²) < 4.78 is 1.70. The maximum Gasteiger partial charge on any atom is 0.244 e. The van der Waals surface area contributed by atoms with Gasteiger partial charge in [0.25, 0.3) is 0 Å². The maximum absolute atomic E-state index is 13.3. The molecular formula is C21H32N4O2. The number of aromatic nitrogens is 2. The number of likely N-dealkylation sites (tertiary alicyclic amines) is 2. The average molecular weight is 373 g/mol. The maximum atomic E-state index is 13.3. The predicted molar refractivity (Wildman–Crippen MR) is 103 cm³/mol. The lowest BCUT2D eigenvalue weighted by atomic mass is 9.77. The Morgan fingerprint density at radius 1 is 1.19 bits per heavy atom. The molecule has 1 aliphatic carbocycles. The molecule has 3 fully saturated rings. The van der Waals surface area contributed by atoms with Gasteiger partial charge in [0, 0.05) is 32.4 Å². The van der Waals surface area contributed by atoms with Crippen molar-refractivity contribution in [1.29, 1.82) is 0 Å². The van der Waals surface area contributed by atoms with Crippen LogP contribution in [0.25, 0.3) is 0 Å². The van der Waals surface area contributed by atoms with Gasteiger partial charge in [0.2, 0.25) is 11.8 Å². The molecule has 1 saturated carbocycles. The van der Waals surface area contributed by atoms with E-state index >= 15 is 0 Å². The number of piperidine rings is 1. The van der Waals surface area contributed by atoms with Crippen molar-refractivity contribution >= 4 is 11.8 Å². The minimum absolute atomic E-state index is 0.0761. The highest BCUT2D eigenvalue weighted by Crippen LogP contribution is 2.41. The van der Waals surface area contributed by atoms with Crippen LogP contribution in [0.2, 0.25) is 0 Å². The molecule has 2 amide bonds. The third kappa shape index (κ3) is 3.90. The molecule has 148 valence electrons. The Balaban J connectivity index is 1.37. The number of rotatable bonds is 4. The summed E-state index contributed by atoms with van der Waals surface area (Å²) in [4.78, 5) is 30.0. The van der Waals surface area contributed by atoms with Crippen LogP contribution in [0.3, 0.4) is 0 Å². The second-order valence-corrected chi connectivity index (χ2v) is 8.86. The molecule has 1 atom stereocenters. The number of hydrogen-bond acceptors (Lipinski definition) is 3. The van der Waals surface area contributed by atoms with Crippen molar-refractivity contribution in [1.82, 2.24) is 19.6 Å². The molecule has 1 unspecified atom stereocenters. The summed E-state index contributed by atoms with van der Waals surface area (Å²) in [6.45, 7) is 5.31. The predicted octanol–water partition coefficient (Wildman–Crippen LogP) is 2.61. The Hall–Kier alpha value is -1.85. The molecule has 6 heteroatoms. The molecule has 0 N–H and O–H groups in total. The first-order chi connectivity index (χ1) is 13.1. The van der Waals surface area contributed by atoms with E-state index in [9.17, 15) is 9.59 Å². The summed E-state index contributed by atoms with van der Waals surface area (Å²) in [7, 11) is 0. The summed E-state index contributed by atoms with van der Waals surface area (Å²) >= 11 is 0. The van der Waals surface area contributed by atoms with Crippen LogP contribution in [0.5, 0.6) is 0 Å². The zero-order valence-electron chi connectivity index (χ0n) is 16.5. The molecule has 27 heavy (non-hydrogen) atoms. The van der Waals surface area contributed by atoms with E-state index in [4.69, 9.17) is 0 Å². The van der Waals surface area contributed by atoms with E-state index in [-0.39, 0.29) is 17.9 Å². The average Bonchev–Trinajstić information content (AvgIpc) is 3.27. The molecule has 1 aromatic rings. The fourth-order valence-corrected chi connectivity index (χ4v) is 5.26. The number of carbonyl (C=O) groups is 2. The van der Waals surface area contributed by atoms with Gasteiger partial charge in [0.05, 0.1) is 11.1 Å². The Bertz CT molecular complexity index is 694. The van der Waals surface area contributed by atoms with E-state index < -0.39 is 0 Å². The van der Waals surface area contributed by atoms with Crippen molar-refractivity contribution in [3.63, 3.8) is 0 Å². The lowest BCUT2D eigenvalue weighted by molar-refractivity contribution is -0.147. The lowest BCUT2D eigenvalue weighted by Crippen LogP contribution is -2.51. The minimum Gasteiger partial charge on any atom is -0.342 e. The molecule has 2 aliphatic heterocycles. The van der Waals surface area contributed by atoms with E-state index in [1.807, 2.05) is 24.1 Å². The van der Waals surface area contributed by atoms with Gasteiger partial charge in [-0.3, -0.25) is 14.3 Å². The zero-order valence-corrected chi connectivity index (χ0v) is 16.5. The second-order valence-electron chi connectivity index (χ2n) is 8.86. The number of carbonyl (C=O) groups excluding carboxylic acids is 2. The zero-order chi connectivity index (χ0) is 18.9. The molecule has 1 aromatic heterocycles. The summed E-state index contributed by atoms with van der Waals surface area (Å²) in [6, 6.07) is 1.91. The van der Waals surface area contributed by atoms with E-state index in [1.165, 1.54) is 32.1 Å². The topological polar surface area (TPSA) is 58.4 Å². The monoisotopic (exact) mass is 372 g/mol. The van der Waals surface area contributed by atoms with E-state index in [0.717, 1.165) is 38.0 Å². The van der Waals surface area contributed by atoms with Crippen LogP contribution in [-0.4, -0.2) is 57.6 Å². The summed E-state index contributed by atoms with van der Waals surface area (Å²) in [6.07, 6.45) is 11.2. The lowest BCUT2D eigenvalue weighted by Gasteiger charge is -2.41. The number of nitrogens with zero attached hydrogens (tertiary/aromatic N) is 4. The van der Waals surface area contributed by atoms with Crippen molar-refractivity contribution in [3.8, 4) is 0 Å². The van der Waals surface area contributed by atoms with Crippen molar-refractivity contribution < 1.29 is 9.59 Å². The highest BCUT2D eigenvalue weighted by atomic mass is 16.2. The van der Waals surface area contributed by atoms with Gasteiger partial charge in [-0.25, -0.2) is 0 Å². The van der Waals surface area contributed by atoms with Gasteiger partial charge in [-0.2, -0.15) is 5.10 Å². The number of aryl methyl sites for hydroxylation is 1. The number of amides is 2. The van der Waals surface area contributed by atoms with Crippen molar-refractivity contribution in [2.75, 3.05) is 26.2 Å². The van der Waals surface area contributed by atoms with E-state index in [1.54, 1.807) is 4.68 Å². The van der Waals surface area contributed by atoms with Crippen molar-refractivity contribution in [3.05, 3.63) is 18.0 Å². The molecule has 3 heterocycles. The Morgan fingerprint density at radius 3 is 2.74 bits per heavy atom. The molecule has 1 spiro atoms. The molecule has 0 radical (unpaired) electrons. The van der Waals surface area contributed by atoms with Crippen LogP contribution in [0, 0.1) is 18.3 Å². The molecule has 2 saturated heterocycles. The largest absolute Gasteiger partial charge is 0.342 e. The Morgan fingerprint density at radius 2 is 2.00 bits per heavy atom. The van der Waals surface area contributed by atoms with Crippen LogP contribution in [0.4, 0.5) is 0 Å². The van der Waals surface area contributed by atoms with Crippen molar-refractivity contribution in [2.24, 2.45) is 11.3 Å². The molecular weight excluding hydrogens is 340 g/mol. The Kier molecular flexibility index (Phi) is 5.24. The summed E-state index contributed by atoms with van der Waals surface area (Å²) in [5, 5.41) is 4.31. The fourth-order valence-electron chi connectivity index (χ4n) is 5.26. The van der Waals surface area contributed by atoms with Crippen LogP contribution in [0.1, 0.15) is 57.1 Å². The smallest absolute Gasteiger partial charge is 0.244 e. The first-order valence-electron chi connectivity index (χ1n) is 10.6. The molecule has 6 nitrogen and oxygen atoms in total. The summed E-state index contributed by atoms with van der Waals surface area (Å²) in [5.41, 5.74) is 0.587. The Labute approximate surface area is 161 Å². The molecule has 4 rings (SSSR count). The molecule has 3 aliphatic rings. The highest BCUT2D eigenvalue weighted by molar-refractivity contribution is 5.86. The van der Waals surface area contributed by atoms with Crippen LogP contribution < -0.4 is 0 Å². The first kappa shape index (κ1) is 18.5. The molecule has 0 bridgehead atoms. The van der Waals surface area contributed by atoms with Crippen LogP contribution in [0.15, 0.2) is 12.3 Å². The fraction of sp³-hybridized carbons (Fsp3) is 0.762. The van der Waals surface area contributed by atoms with Gasteiger partial charge < -0.3 is 9.80 Å². The normalized spacial score (nSPS) is 26.9. The van der Waals surface area contributed by atoms with E-state index in [2.05, 4.69) is 10.00 Å². The highest BCUT2D eigenvalue weighted by Gasteiger charge is 2.49. The van der Waals surface area contributed by atoms with Crippen molar-refractivity contribution in [2.45, 2.75) is 64.8 Å². The second kappa shape index (κ2) is 7.64. The third-order valence-electron chi connectivity index (χ3n) is 6.81.